The molecule has 1 aliphatic carbocycles. The topological polar surface area (TPSA) is 29.3 Å². The van der Waals surface area contributed by atoms with Crippen molar-refractivity contribution < 1.29 is 0 Å². The van der Waals surface area contributed by atoms with Crippen LogP contribution in [0.3, 0.4) is 0 Å². The quantitative estimate of drug-likeness (QED) is 0.834. The van der Waals surface area contributed by atoms with Crippen molar-refractivity contribution in [1.82, 2.24) is 4.90 Å². The molecule has 1 heterocycles. The van der Waals surface area contributed by atoms with Gasteiger partial charge in [0, 0.05) is 12.6 Å². The summed E-state index contributed by atoms with van der Waals surface area (Å²) in [7, 11) is 0. The van der Waals surface area contributed by atoms with Gasteiger partial charge < -0.3 is 5.73 Å². The summed E-state index contributed by atoms with van der Waals surface area (Å²) in [6.45, 7) is 8.27. The molecule has 1 unspecified atom stereocenters. The molecule has 2 fully saturated rings. The summed E-state index contributed by atoms with van der Waals surface area (Å²) < 4.78 is 0. The summed E-state index contributed by atoms with van der Waals surface area (Å²) in [5.74, 6) is 0.880. The van der Waals surface area contributed by atoms with E-state index in [1.807, 2.05) is 0 Å². The van der Waals surface area contributed by atoms with E-state index in [9.17, 15) is 0 Å². The van der Waals surface area contributed by atoms with E-state index >= 15 is 0 Å². The predicted molar refractivity (Wildman–Crippen MR) is 78.6 cm³/mol. The van der Waals surface area contributed by atoms with Gasteiger partial charge in [-0.05, 0) is 56.5 Å². The molecule has 18 heavy (non-hydrogen) atoms. The maximum Gasteiger partial charge on any atom is 0.0246 e. The maximum absolute atomic E-state index is 6.11. The second-order valence-electron chi connectivity index (χ2n) is 7.25. The molecule has 0 aromatic rings. The van der Waals surface area contributed by atoms with Crippen molar-refractivity contribution in [3.8, 4) is 0 Å². The van der Waals surface area contributed by atoms with E-state index in [0.717, 1.165) is 12.5 Å². The van der Waals surface area contributed by atoms with Crippen molar-refractivity contribution in [3.05, 3.63) is 0 Å². The maximum atomic E-state index is 6.11. The van der Waals surface area contributed by atoms with Crippen molar-refractivity contribution in [3.63, 3.8) is 0 Å². The van der Waals surface area contributed by atoms with Crippen LogP contribution in [0.5, 0.6) is 0 Å². The summed E-state index contributed by atoms with van der Waals surface area (Å²) >= 11 is 0. The molecule has 2 aliphatic rings. The third-order valence-electron chi connectivity index (χ3n) is 5.28. The molecular weight excluding hydrogens is 220 g/mol. The second-order valence-corrected chi connectivity index (χ2v) is 7.25. The van der Waals surface area contributed by atoms with Crippen LogP contribution in [0.2, 0.25) is 0 Å². The average Bonchev–Trinajstić information content (AvgIpc) is 2.54. The molecule has 2 nitrogen and oxygen atoms in total. The third kappa shape index (κ3) is 3.71. The van der Waals surface area contributed by atoms with Gasteiger partial charge in [-0.1, -0.05) is 33.1 Å². The lowest BCUT2D eigenvalue weighted by Gasteiger charge is -2.38. The molecule has 0 radical (unpaired) electrons. The summed E-state index contributed by atoms with van der Waals surface area (Å²) in [4.78, 5) is 2.73. The molecular formula is C16H32N2. The van der Waals surface area contributed by atoms with Gasteiger partial charge in [0.1, 0.15) is 0 Å². The lowest BCUT2D eigenvalue weighted by atomic mass is 9.83. The molecule has 0 amide bonds. The first-order chi connectivity index (χ1) is 8.62. The zero-order valence-corrected chi connectivity index (χ0v) is 12.5. The molecule has 1 saturated heterocycles. The number of likely N-dealkylation sites (tertiary alicyclic amines) is 1. The van der Waals surface area contributed by atoms with E-state index < -0.39 is 0 Å². The molecule has 2 rings (SSSR count). The zero-order valence-electron chi connectivity index (χ0n) is 12.5. The zero-order chi connectivity index (χ0) is 13.0. The highest BCUT2D eigenvalue weighted by Crippen LogP contribution is 2.33. The number of rotatable bonds is 3. The summed E-state index contributed by atoms with van der Waals surface area (Å²) in [5, 5.41) is 0. The van der Waals surface area contributed by atoms with Gasteiger partial charge in [-0.25, -0.2) is 0 Å². The minimum Gasteiger partial charge on any atom is -0.329 e. The summed E-state index contributed by atoms with van der Waals surface area (Å²) in [5.41, 5.74) is 6.65. The number of hydrogen-bond donors (Lipinski definition) is 1. The Morgan fingerprint density at radius 3 is 2.44 bits per heavy atom. The van der Waals surface area contributed by atoms with E-state index in [1.54, 1.807) is 0 Å². The molecule has 1 saturated carbocycles. The lowest BCUT2D eigenvalue weighted by molar-refractivity contribution is 0.122. The van der Waals surface area contributed by atoms with Crippen molar-refractivity contribution in [2.75, 3.05) is 19.6 Å². The first kappa shape index (κ1) is 14.3. The van der Waals surface area contributed by atoms with Gasteiger partial charge >= 0.3 is 0 Å². The normalized spacial score (nSPS) is 28.8. The third-order valence-corrected chi connectivity index (χ3v) is 5.28. The van der Waals surface area contributed by atoms with Crippen molar-refractivity contribution in [2.45, 2.75) is 71.3 Å². The molecule has 0 bridgehead atoms. The van der Waals surface area contributed by atoms with Crippen LogP contribution in [0.25, 0.3) is 0 Å². The Labute approximate surface area is 113 Å². The SMILES string of the molecule is CC1(C)CCCN(C(CN)C2CCCCC2)CC1. The number of nitrogens with two attached hydrogens (primary N) is 1. The average molecular weight is 252 g/mol. The van der Waals surface area contributed by atoms with Crippen molar-refractivity contribution in [1.29, 1.82) is 0 Å². The summed E-state index contributed by atoms with van der Waals surface area (Å²) in [6.07, 6.45) is 11.2. The molecule has 2 N–H and O–H groups in total. The molecule has 0 spiro atoms. The van der Waals surface area contributed by atoms with E-state index in [1.165, 1.54) is 64.5 Å². The first-order valence-electron chi connectivity index (χ1n) is 8.06. The standard InChI is InChI=1S/C16H32N2/c1-16(2)9-6-11-18(12-10-16)15(13-17)14-7-4-3-5-8-14/h14-15H,3-13,17H2,1-2H3. The van der Waals surface area contributed by atoms with Crippen LogP contribution in [-0.2, 0) is 0 Å². The Morgan fingerprint density at radius 1 is 1.06 bits per heavy atom. The van der Waals surface area contributed by atoms with Crippen molar-refractivity contribution >= 4 is 0 Å². The van der Waals surface area contributed by atoms with Gasteiger partial charge in [-0.2, -0.15) is 0 Å². The van der Waals surface area contributed by atoms with Crippen LogP contribution in [0.4, 0.5) is 0 Å². The minimum atomic E-state index is 0.542. The predicted octanol–water partition coefficient (Wildman–Crippen LogP) is 3.41. The number of hydrogen-bond acceptors (Lipinski definition) is 2. The minimum absolute atomic E-state index is 0.542. The van der Waals surface area contributed by atoms with Crippen LogP contribution < -0.4 is 5.73 Å². The smallest absolute Gasteiger partial charge is 0.0246 e. The van der Waals surface area contributed by atoms with Crippen LogP contribution in [0.15, 0.2) is 0 Å². The Balaban J connectivity index is 1.94. The fraction of sp³-hybridized carbons (Fsp3) is 1.00. The Bertz CT molecular complexity index is 243. The van der Waals surface area contributed by atoms with Crippen molar-refractivity contribution in [2.24, 2.45) is 17.1 Å². The molecule has 1 aliphatic heterocycles. The Morgan fingerprint density at radius 2 is 1.78 bits per heavy atom. The molecule has 1 atom stereocenters. The lowest BCUT2D eigenvalue weighted by Crippen LogP contribution is -2.46. The van der Waals surface area contributed by atoms with E-state index in [-0.39, 0.29) is 0 Å². The van der Waals surface area contributed by atoms with Crippen LogP contribution in [0, 0.1) is 11.3 Å². The molecule has 106 valence electrons. The van der Waals surface area contributed by atoms with Gasteiger partial charge in [0.05, 0.1) is 0 Å². The number of nitrogens with zero attached hydrogens (tertiary/aromatic N) is 1. The fourth-order valence-electron chi connectivity index (χ4n) is 3.93. The Kier molecular flexibility index (Phi) is 5.08. The van der Waals surface area contributed by atoms with Gasteiger partial charge in [-0.3, -0.25) is 4.90 Å². The summed E-state index contributed by atoms with van der Waals surface area (Å²) in [6, 6.07) is 0.666. The van der Waals surface area contributed by atoms with Crippen LogP contribution >= 0.6 is 0 Å². The largest absolute Gasteiger partial charge is 0.329 e. The van der Waals surface area contributed by atoms with Gasteiger partial charge in [0.25, 0.3) is 0 Å². The van der Waals surface area contributed by atoms with Gasteiger partial charge in [0.2, 0.25) is 0 Å². The first-order valence-corrected chi connectivity index (χ1v) is 8.06. The van der Waals surface area contributed by atoms with E-state index in [2.05, 4.69) is 18.7 Å². The van der Waals surface area contributed by atoms with E-state index in [4.69, 9.17) is 5.73 Å². The molecule has 2 heteroatoms. The van der Waals surface area contributed by atoms with Crippen LogP contribution in [0.1, 0.15) is 65.2 Å². The van der Waals surface area contributed by atoms with Gasteiger partial charge in [0.15, 0.2) is 0 Å². The molecule has 0 aromatic carbocycles. The fourth-order valence-corrected chi connectivity index (χ4v) is 3.93. The second kappa shape index (κ2) is 6.38. The highest BCUT2D eigenvalue weighted by molar-refractivity contribution is 4.86. The highest BCUT2D eigenvalue weighted by atomic mass is 15.2. The van der Waals surface area contributed by atoms with E-state index in [0.29, 0.717) is 11.5 Å². The van der Waals surface area contributed by atoms with Gasteiger partial charge in [-0.15, -0.1) is 0 Å². The monoisotopic (exact) mass is 252 g/mol. The Hall–Kier alpha value is -0.0800. The highest BCUT2D eigenvalue weighted by Gasteiger charge is 2.31. The molecule has 0 aromatic heterocycles. The van der Waals surface area contributed by atoms with Crippen LogP contribution in [-0.4, -0.2) is 30.6 Å².